The Kier molecular flexibility index (Phi) is 8.27. The molecule has 1 aromatic rings. The number of anilines is 1. The van der Waals surface area contributed by atoms with Crippen LogP contribution in [0, 0.1) is 0 Å². The fraction of sp³-hybridized carbons (Fsp3) is 0.529. The molecule has 0 aliphatic carbocycles. The first-order valence-electron chi connectivity index (χ1n) is 8.40. The summed E-state index contributed by atoms with van der Waals surface area (Å²) >= 11 is 2.70. The lowest BCUT2D eigenvalue weighted by Gasteiger charge is -2.25. The second kappa shape index (κ2) is 10.4. The predicted molar refractivity (Wildman–Crippen MR) is 105 cm³/mol. The summed E-state index contributed by atoms with van der Waals surface area (Å²) in [4.78, 5) is 50.8. The van der Waals surface area contributed by atoms with Gasteiger partial charge in [0.05, 0.1) is 39.9 Å². The molecule has 1 aliphatic rings. The molecule has 2 heterocycles. The standard InChI is InChI=1S/C17H22N2O7S2/c1-24-12(21)8-10-13(16(22)25-2)15(28-14(10)17(23)26-3)18-11(20)9-19-4-6-27-7-5-19/h4-9H2,1-3H3,(H,18,20). The van der Waals surface area contributed by atoms with Gasteiger partial charge in [0.2, 0.25) is 5.91 Å². The minimum Gasteiger partial charge on any atom is -0.469 e. The summed E-state index contributed by atoms with van der Waals surface area (Å²) in [5.74, 6) is -0.543. The average molecular weight is 431 g/mol. The second-order valence-electron chi connectivity index (χ2n) is 5.79. The van der Waals surface area contributed by atoms with Gasteiger partial charge in [-0.25, -0.2) is 9.59 Å². The topological polar surface area (TPSA) is 111 Å². The number of rotatable bonds is 7. The van der Waals surface area contributed by atoms with Crippen molar-refractivity contribution in [1.82, 2.24) is 4.90 Å². The molecular weight excluding hydrogens is 408 g/mol. The van der Waals surface area contributed by atoms with Gasteiger partial charge < -0.3 is 19.5 Å². The van der Waals surface area contributed by atoms with Gasteiger partial charge in [-0.05, 0) is 0 Å². The lowest BCUT2D eigenvalue weighted by Crippen LogP contribution is -2.38. The van der Waals surface area contributed by atoms with Crippen LogP contribution >= 0.6 is 23.1 Å². The van der Waals surface area contributed by atoms with Gasteiger partial charge in [-0.3, -0.25) is 14.5 Å². The average Bonchev–Trinajstić information content (AvgIpc) is 3.04. The highest BCUT2D eigenvalue weighted by atomic mass is 32.2. The van der Waals surface area contributed by atoms with Gasteiger partial charge >= 0.3 is 17.9 Å². The van der Waals surface area contributed by atoms with Crippen LogP contribution in [0.25, 0.3) is 0 Å². The van der Waals surface area contributed by atoms with Crippen molar-refractivity contribution in [3.63, 3.8) is 0 Å². The van der Waals surface area contributed by atoms with Crippen molar-refractivity contribution in [2.45, 2.75) is 6.42 Å². The molecule has 0 unspecified atom stereocenters. The molecular formula is C17H22N2O7S2. The van der Waals surface area contributed by atoms with Crippen LogP contribution in [0.1, 0.15) is 25.6 Å². The molecule has 0 saturated carbocycles. The summed E-state index contributed by atoms with van der Waals surface area (Å²) in [7, 11) is 3.56. The molecule has 0 aromatic carbocycles. The van der Waals surface area contributed by atoms with Crippen LogP contribution in [0.3, 0.4) is 0 Å². The first kappa shape index (κ1) is 22.2. The summed E-state index contributed by atoms with van der Waals surface area (Å²) < 4.78 is 14.2. The SMILES string of the molecule is COC(=O)Cc1c(C(=O)OC)sc(NC(=O)CN2CCSCC2)c1C(=O)OC. The molecule has 154 valence electrons. The number of carbonyl (C=O) groups is 4. The van der Waals surface area contributed by atoms with Crippen LogP contribution in [0.2, 0.25) is 0 Å². The van der Waals surface area contributed by atoms with Gasteiger partial charge in [-0.1, -0.05) is 0 Å². The van der Waals surface area contributed by atoms with Crippen LogP contribution < -0.4 is 5.32 Å². The molecule has 1 fully saturated rings. The van der Waals surface area contributed by atoms with Crippen molar-refractivity contribution in [3.05, 3.63) is 16.0 Å². The maximum atomic E-state index is 12.5. The van der Waals surface area contributed by atoms with E-state index in [2.05, 4.69) is 10.1 Å². The number of nitrogens with one attached hydrogen (secondary N) is 1. The van der Waals surface area contributed by atoms with Crippen molar-refractivity contribution in [3.8, 4) is 0 Å². The van der Waals surface area contributed by atoms with E-state index in [4.69, 9.17) is 9.47 Å². The van der Waals surface area contributed by atoms with Crippen LogP contribution in [0.4, 0.5) is 5.00 Å². The van der Waals surface area contributed by atoms with Gasteiger partial charge in [-0.15, -0.1) is 11.3 Å². The molecule has 0 radical (unpaired) electrons. The summed E-state index contributed by atoms with van der Waals surface area (Å²) in [6.07, 6.45) is -0.332. The Bertz CT molecular complexity index is 757. The number of methoxy groups -OCH3 is 3. The normalized spacial score (nSPS) is 14.2. The lowest BCUT2D eigenvalue weighted by molar-refractivity contribution is -0.139. The minimum absolute atomic E-state index is 0.0398. The van der Waals surface area contributed by atoms with E-state index in [-0.39, 0.29) is 39.9 Å². The van der Waals surface area contributed by atoms with E-state index in [0.717, 1.165) is 35.9 Å². The molecule has 11 heteroatoms. The zero-order chi connectivity index (χ0) is 20.7. The highest BCUT2D eigenvalue weighted by Gasteiger charge is 2.31. The van der Waals surface area contributed by atoms with Gasteiger partial charge in [0.25, 0.3) is 0 Å². The van der Waals surface area contributed by atoms with Crippen LogP contribution in [0.5, 0.6) is 0 Å². The first-order valence-corrected chi connectivity index (χ1v) is 10.4. The van der Waals surface area contributed by atoms with Crippen LogP contribution in [0.15, 0.2) is 0 Å². The van der Waals surface area contributed by atoms with Crippen molar-refractivity contribution in [2.24, 2.45) is 0 Å². The van der Waals surface area contributed by atoms with Crippen LogP contribution in [-0.4, -0.2) is 81.2 Å². The van der Waals surface area contributed by atoms with Gasteiger partial charge in [0.15, 0.2) is 0 Å². The molecule has 1 saturated heterocycles. The summed E-state index contributed by atoms with van der Waals surface area (Å²) in [6.45, 7) is 1.76. The van der Waals surface area contributed by atoms with E-state index in [1.165, 1.54) is 21.3 Å². The molecule has 1 aliphatic heterocycles. The number of hydrogen-bond donors (Lipinski definition) is 1. The maximum absolute atomic E-state index is 12.5. The number of ether oxygens (including phenoxy) is 3. The Morgan fingerprint density at radius 3 is 2.21 bits per heavy atom. The predicted octanol–water partition coefficient (Wildman–Crippen LogP) is 1.02. The largest absolute Gasteiger partial charge is 0.469 e. The number of esters is 3. The first-order chi connectivity index (χ1) is 13.4. The Labute approximate surface area is 170 Å². The van der Waals surface area contributed by atoms with Crippen molar-refractivity contribution >= 4 is 51.9 Å². The van der Waals surface area contributed by atoms with E-state index in [9.17, 15) is 19.2 Å². The zero-order valence-electron chi connectivity index (χ0n) is 15.9. The molecule has 9 nitrogen and oxygen atoms in total. The van der Waals surface area contributed by atoms with Crippen LogP contribution in [-0.2, 0) is 30.2 Å². The maximum Gasteiger partial charge on any atom is 0.348 e. The Balaban J connectivity index is 2.35. The molecule has 1 N–H and O–H groups in total. The number of thiophene rings is 1. The number of nitrogens with zero attached hydrogens (tertiary/aromatic N) is 1. The number of carbonyl (C=O) groups excluding carboxylic acids is 4. The zero-order valence-corrected chi connectivity index (χ0v) is 17.5. The monoisotopic (exact) mass is 430 g/mol. The van der Waals surface area contributed by atoms with Gasteiger partial charge in [-0.2, -0.15) is 11.8 Å². The van der Waals surface area contributed by atoms with Crippen molar-refractivity contribution in [2.75, 3.05) is 57.8 Å². The highest BCUT2D eigenvalue weighted by molar-refractivity contribution is 7.99. The molecule has 0 atom stereocenters. The third-order valence-corrected chi connectivity index (χ3v) is 6.11. The number of thioether (sulfide) groups is 1. The van der Waals surface area contributed by atoms with Gasteiger partial charge in [0, 0.05) is 30.2 Å². The number of amides is 1. The second-order valence-corrected chi connectivity index (χ2v) is 8.03. The van der Waals surface area contributed by atoms with Gasteiger partial charge in [0.1, 0.15) is 9.88 Å². The smallest absolute Gasteiger partial charge is 0.348 e. The molecule has 28 heavy (non-hydrogen) atoms. The Hall–Kier alpha value is -2.11. The molecule has 0 bridgehead atoms. The van der Waals surface area contributed by atoms with E-state index in [0.29, 0.717) is 0 Å². The third kappa shape index (κ3) is 5.46. The quantitative estimate of drug-likeness (QED) is 0.501. The van der Waals surface area contributed by atoms with E-state index >= 15 is 0 Å². The minimum atomic E-state index is -0.769. The molecule has 1 aromatic heterocycles. The highest BCUT2D eigenvalue weighted by Crippen LogP contribution is 2.35. The lowest BCUT2D eigenvalue weighted by atomic mass is 10.1. The summed E-state index contributed by atoms with van der Waals surface area (Å²) in [6, 6.07) is 0. The fourth-order valence-electron chi connectivity index (χ4n) is 2.64. The Morgan fingerprint density at radius 2 is 1.64 bits per heavy atom. The van der Waals surface area contributed by atoms with Crippen molar-refractivity contribution in [1.29, 1.82) is 0 Å². The van der Waals surface area contributed by atoms with E-state index < -0.39 is 17.9 Å². The molecule has 1 amide bonds. The summed E-state index contributed by atoms with van der Waals surface area (Å²) in [5, 5.41) is 2.82. The fourth-order valence-corrected chi connectivity index (χ4v) is 4.76. The van der Waals surface area contributed by atoms with Crippen molar-refractivity contribution < 1.29 is 33.4 Å². The summed E-state index contributed by atoms with van der Waals surface area (Å²) in [5.41, 5.74) is 0.0704. The van der Waals surface area contributed by atoms with E-state index in [1.807, 2.05) is 16.7 Å². The number of hydrogen-bond acceptors (Lipinski definition) is 10. The third-order valence-electron chi connectivity index (χ3n) is 4.04. The Morgan fingerprint density at radius 1 is 1.00 bits per heavy atom. The molecule has 2 rings (SSSR count). The molecule has 0 spiro atoms. The van der Waals surface area contributed by atoms with E-state index in [1.54, 1.807) is 0 Å².